The molecule has 1 saturated heterocycles. The summed E-state index contributed by atoms with van der Waals surface area (Å²) in [5.41, 5.74) is 5.02. The van der Waals surface area contributed by atoms with E-state index < -0.39 is 10.0 Å². The second-order valence-electron chi connectivity index (χ2n) is 8.11. The van der Waals surface area contributed by atoms with Crippen molar-refractivity contribution in [1.82, 2.24) is 9.29 Å². The van der Waals surface area contributed by atoms with Crippen LogP contribution in [0.3, 0.4) is 0 Å². The number of aryl methyl sites for hydroxylation is 2. The second-order valence-corrected chi connectivity index (χ2v) is 10.0. The molecule has 0 radical (unpaired) electrons. The zero-order chi connectivity index (χ0) is 19.1. The summed E-state index contributed by atoms with van der Waals surface area (Å²) in [6, 6.07) is 14.1. The Bertz CT molecular complexity index is 1110. The van der Waals surface area contributed by atoms with Crippen molar-refractivity contribution in [2.75, 3.05) is 13.1 Å². The van der Waals surface area contributed by atoms with E-state index in [2.05, 4.69) is 29.4 Å². The molecule has 0 bridgehead atoms. The molecule has 4 nitrogen and oxygen atoms in total. The first-order valence-corrected chi connectivity index (χ1v) is 11.7. The molecule has 28 heavy (non-hydrogen) atoms. The Morgan fingerprint density at radius 2 is 1.68 bits per heavy atom. The number of benzene rings is 2. The highest BCUT2D eigenvalue weighted by Crippen LogP contribution is 2.35. The zero-order valence-corrected chi connectivity index (χ0v) is 16.8. The minimum Gasteiger partial charge on any atom is -0.361 e. The van der Waals surface area contributed by atoms with E-state index in [4.69, 9.17) is 0 Å². The highest BCUT2D eigenvalue weighted by Gasteiger charge is 2.31. The minimum atomic E-state index is -3.40. The van der Waals surface area contributed by atoms with Crippen molar-refractivity contribution in [3.63, 3.8) is 0 Å². The number of fused-ring (bicyclic) bond motifs is 2. The molecule has 2 aliphatic rings. The van der Waals surface area contributed by atoms with Crippen molar-refractivity contribution in [1.29, 1.82) is 0 Å². The van der Waals surface area contributed by atoms with Crippen LogP contribution in [0, 0.1) is 0 Å². The number of aromatic amines is 1. The number of H-pyrrole nitrogens is 1. The Hall–Kier alpha value is -2.11. The van der Waals surface area contributed by atoms with Crippen LogP contribution in [0.2, 0.25) is 0 Å². The van der Waals surface area contributed by atoms with Crippen molar-refractivity contribution in [3.05, 3.63) is 65.4 Å². The fraction of sp³-hybridized carbons (Fsp3) is 0.391. The number of aromatic nitrogens is 1. The molecule has 2 heterocycles. The molecule has 0 unspecified atom stereocenters. The maximum absolute atomic E-state index is 13.2. The summed E-state index contributed by atoms with van der Waals surface area (Å²) in [6.45, 7) is 1.17. The molecule has 5 heteroatoms. The Kier molecular flexibility index (Phi) is 4.52. The SMILES string of the molecule is O=S(=O)(c1ccc2c(c1)CCCC2)N1CCC(c2c[nH]c3ccccc23)CC1. The van der Waals surface area contributed by atoms with Crippen LogP contribution in [0.1, 0.15) is 48.3 Å². The number of sulfonamides is 1. The van der Waals surface area contributed by atoms with E-state index in [0.29, 0.717) is 23.9 Å². The second kappa shape index (κ2) is 7.05. The van der Waals surface area contributed by atoms with Crippen LogP contribution in [0.25, 0.3) is 10.9 Å². The van der Waals surface area contributed by atoms with Gasteiger partial charge in [-0.05, 0) is 79.3 Å². The first-order chi connectivity index (χ1) is 13.6. The molecule has 5 rings (SSSR count). The quantitative estimate of drug-likeness (QED) is 0.705. The van der Waals surface area contributed by atoms with E-state index in [1.54, 1.807) is 4.31 Å². The van der Waals surface area contributed by atoms with E-state index in [0.717, 1.165) is 37.6 Å². The fourth-order valence-electron chi connectivity index (χ4n) is 4.86. The predicted molar refractivity (Wildman–Crippen MR) is 112 cm³/mol. The van der Waals surface area contributed by atoms with Gasteiger partial charge < -0.3 is 4.98 Å². The third-order valence-corrected chi connectivity index (χ3v) is 8.37. The van der Waals surface area contributed by atoms with E-state index in [-0.39, 0.29) is 0 Å². The van der Waals surface area contributed by atoms with Crippen LogP contribution < -0.4 is 0 Å². The molecular formula is C23H26N2O2S. The van der Waals surface area contributed by atoms with Crippen molar-refractivity contribution in [2.45, 2.75) is 49.3 Å². The van der Waals surface area contributed by atoms with Gasteiger partial charge in [0.1, 0.15) is 0 Å². The van der Waals surface area contributed by atoms with Gasteiger partial charge in [0.15, 0.2) is 0 Å². The van der Waals surface area contributed by atoms with E-state index in [1.165, 1.54) is 28.5 Å². The molecule has 3 aromatic rings. The summed E-state index contributed by atoms with van der Waals surface area (Å²) >= 11 is 0. The molecule has 1 N–H and O–H groups in total. The lowest BCUT2D eigenvalue weighted by Crippen LogP contribution is -2.38. The minimum absolute atomic E-state index is 0.408. The third-order valence-electron chi connectivity index (χ3n) is 6.47. The largest absolute Gasteiger partial charge is 0.361 e. The summed E-state index contributed by atoms with van der Waals surface area (Å²) in [4.78, 5) is 3.82. The summed E-state index contributed by atoms with van der Waals surface area (Å²) in [6.07, 6.45) is 8.28. The molecular weight excluding hydrogens is 368 g/mol. The van der Waals surface area contributed by atoms with E-state index >= 15 is 0 Å². The van der Waals surface area contributed by atoms with Gasteiger partial charge in [-0.2, -0.15) is 4.31 Å². The first kappa shape index (κ1) is 18.0. The summed E-state index contributed by atoms with van der Waals surface area (Å²) in [7, 11) is -3.40. The molecule has 0 spiro atoms. The van der Waals surface area contributed by atoms with E-state index in [9.17, 15) is 8.42 Å². The van der Waals surface area contributed by atoms with Crippen molar-refractivity contribution < 1.29 is 8.42 Å². The fourth-order valence-corrected chi connectivity index (χ4v) is 6.38. The maximum Gasteiger partial charge on any atom is 0.243 e. The molecule has 0 amide bonds. The number of nitrogens with zero attached hydrogens (tertiary/aromatic N) is 1. The smallest absolute Gasteiger partial charge is 0.243 e. The Balaban J connectivity index is 1.34. The number of para-hydroxylation sites is 1. The summed E-state index contributed by atoms with van der Waals surface area (Å²) < 4.78 is 28.1. The highest BCUT2D eigenvalue weighted by molar-refractivity contribution is 7.89. The molecule has 1 aliphatic carbocycles. The molecule has 1 fully saturated rings. The Morgan fingerprint density at radius 1 is 0.929 bits per heavy atom. The van der Waals surface area contributed by atoms with Gasteiger partial charge in [0.2, 0.25) is 10.0 Å². The monoisotopic (exact) mass is 394 g/mol. The van der Waals surface area contributed by atoms with Gasteiger partial charge in [-0.1, -0.05) is 24.3 Å². The van der Waals surface area contributed by atoms with Crippen LogP contribution in [-0.2, 0) is 22.9 Å². The van der Waals surface area contributed by atoms with Gasteiger partial charge in [-0.3, -0.25) is 0 Å². The third kappa shape index (κ3) is 3.07. The average Bonchev–Trinajstić information content (AvgIpc) is 3.17. The molecule has 1 aromatic heterocycles. The molecule has 0 atom stereocenters. The normalized spacial score (nSPS) is 19.0. The standard InChI is InChI=1S/C23H26N2O2S/c26-28(27,20-10-9-17-5-1-2-6-19(17)15-20)25-13-11-18(12-14-25)22-16-24-23-8-4-3-7-21(22)23/h3-4,7-10,15-16,18,24H,1-2,5-6,11-14H2. The van der Waals surface area contributed by atoms with Crippen molar-refractivity contribution in [3.8, 4) is 0 Å². The van der Waals surface area contributed by atoms with Crippen LogP contribution >= 0.6 is 0 Å². The lowest BCUT2D eigenvalue weighted by atomic mass is 9.90. The van der Waals surface area contributed by atoms with Crippen LogP contribution in [0.5, 0.6) is 0 Å². The number of hydrogen-bond acceptors (Lipinski definition) is 2. The summed E-state index contributed by atoms with van der Waals surface area (Å²) in [5, 5.41) is 1.26. The van der Waals surface area contributed by atoms with Gasteiger partial charge >= 0.3 is 0 Å². The van der Waals surface area contributed by atoms with Crippen LogP contribution in [0.4, 0.5) is 0 Å². The summed E-state index contributed by atoms with van der Waals surface area (Å²) in [5.74, 6) is 0.408. The van der Waals surface area contributed by atoms with Gasteiger partial charge in [-0.25, -0.2) is 8.42 Å². The van der Waals surface area contributed by atoms with Gasteiger partial charge in [0, 0.05) is 30.2 Å². The van der Waals surface area contributed by atoms with Crippen molar-refractivity contribution in [2.24, 2.45) is 0 Å². The first-order valence-electron chi connectivity index (χ1n) is 10.3. The number of rotatable bonds is 3. The zero-order valence-electron chi connectivity index (χ0n) is 16.0. The number of nitrogens with one attached hydrogen (secondary N) is 1. The van der Waals surface area contributed by atoms with E-state index in [1.807, 2.05) is 24.3 Å². The van der Waals surface area contributed by atoms with Crippen LogP contribution in [-0.4, -0.2) is 30.8 Å². The highest BCUT2D eigenvalue weighted by atomic mass is 32.2. The molecule has 146 valence electrons. The van der Waals surface area contributed by atoms with Gasteiger partial charge in [0.25, 0.3) is 0 Å². The van der Waals surface area contributed by atoms with Gasteiger partial charge in [0.05, 0.1) is 4.90 Å². The van der Waals surface area contributed by atoms with Crippen molar-refractivity contribution >= 4 is 20.9 Å². The lowest BCUT2D eigenvalue weighted by molar-refractivity contribution is 0.320. The number of piperidine rings is 1. The Labute approximate surface area is 166 Å². The maximum atomic E-state index is 13.2. The molecule has 2 aromatic carbocycles. The topological polar surface area (TPSA) is 53.2 Å². The predicted octanol–water partition coefficient (Wildman–Crippen LogP) is 4.62. The van der Waals surface area contributed by atoms with Gasteiger partial charge in [-0.15, -0.1) is 0 Å². The molecule has 0 saturated carbocycles. The number of hydrogen-bond donors (Lipinski definition) is 1. The molecule has 1 aliphatic heterocycles. The average molecular weight is 395 g/mol. The van der Waals surface area contributed by atoms with Crippen LogP contribution in [0.15, 0.2) is 53.6 Å². The Morgan fingerprint density at radius 3 is 2.50 bits per heavy atom. The lowest BCUT2D eigenvalue weighted by Gasteiger charge is -2.31.